The fraction of sp³-hybridized carbons (Fsp3) is 0.520. The third kappa shape index (κ3) is 18.2. The summed E-state index contributed by atoms with van der Waals surface area (Å²) in [5.41, 5.74) is 5.27. The molecular formula is C50H70Cl2F4O4. The Bertz CT molecular complexity index is 1660. The van der Waals surface area contributed by atoms with E-state index in [-0.39, 0.29) is 65.3 Å². The van der Waals surface area contributed by atoms with Gasteiger partial charge in [-0.3, -0.25) is 0 Å². The van der Waals surface area contributed by atoms with Crippen LogP contribution in [0.4, 0.5) is 17.6 Å². The summed E-state index contributed by atoms with van der Waals surface area (Å²) in [4.78, 5) is 0. The van der Waals surface area contributed by atoms with Gasteiger partial charge in [-0.15, -0.1) is 0 Å². The van der Waals surface area contributed by atoms with E-state index in [1.54, 1.807) is 19.9 Å². The van der Waals surface area contributed by atoms with Crippen LogP contribution in [0.2, 0.25) is 10.0 Å². The van der Waals surface area contributed by atoms with Gasteiger partial charge in [0.05, 0.1) is 24.4 Å². The Morgan fingerprint density at radius 3 is 0.950 bits per heavy atom. The molecular weight excluding hydrogens is 811 g/mol. The van der Waals surface area contributed by atoms with Gasteiger partial charge in [0.15, 0.2) is 23.1 Å². The van der Waals surface area contributed by atoms with Crippen LogP contribution in [-0.4, -0.2) is 24.4 Å². The smallest absolute Gasteiger partial charge is 0.165 e. The van der Waals surface area contributed by atoms with Crippen molar-refractivity contribution in [2.45, 2.75) is 173 Å². The van der Waals surface area contributed by atoms with Gasteiger partial charge in [-0.2, -0.15) is 0 Å². The molecule has 4 aromatic rings. The zero-order chi connectivity index (χ0) is 46.3. The largest absolute Gasteiger partial charge is 0.491 e. The van der Waals surface area contributed by atoms with Gasteiger partial charge in [0.2, 0.25) is 0 Å². The lowest BCUT2D eigenvalue weighted by Gasteiger charge is -2.16. The second-order valence-corrected chi connectivity index (χ2v) is 18.0. The summed E-state index contributed by atoms with van der Waals surface area (Å²) in [6.45, 7) is 35.0. The highest BCUT2D eigenvalue weighted by Crippen LogP contribution is 2.33. The van der Waals surface area contributed by atoms with Gasteiger partial charge in [-0.05, 0) is 151 Å². The molecule has 336 valence electrons. The molecule has 0 spiro atoms. The Balaban J connectivity index is 0.000000400. The molecule has 4 aromatic carbocycles. The van der Waals surface area contributed by atoms with E-state index in [1.807, 2.05) is 102 Å². The number of hydrogen-bond acceptors (Lipinski definition) is 4. The normalized spacial score (nSPS) is 11.2. The van der Waals surface area contributed by atoms with Crippen molar-refractivity contribution in [3.8, 4) is 23.0 Å². The molecule has 0 aliphatic heterocycles. The molecule has 0 aromatic heterocycles. The fourth-order valence-electron chi connectivity index (χ4n) is 5.68. The van der Waals surface area contributed by atoms with Crippen LogP contribution in [0.5, 0.6) is 23.0 Å². The van der Waals surface area contributed by atoms with Crippen LogP contribution in [0, 0.1) is 37.1 Å². The van der Waals surface area contributed by atoms with Crippen LogP contribution >= 0.6 is 23.2 Å². The van der Waals surface area contributed by atoms with E-state index in [9.17, 15) is 17.6 Å². The van der Waals surface area contributed by atoms with E-state index in [1.165, 1.54) is 23.8 Å². The Morgan fingerprint density at radius 2 is 0.583 bits per heavy atom. The SMILES string of the molecule is CC(C)Oc1cc(Cl)c(C(C)C)cc1F.CC(C)Oc1cc(F)c(C(C)C)cc1F.Cc1cc(C(C)C)c(Cl)cc1OC(C)C.Cc1cc(C(C)C)c(F)cc1OC(C)C. The van der Waals surface area contributed by atoms with Crippen molar-refractivity contribution >= 4 is 23.2 Å². The van der Waals surface area contributed by atoms with E-state index in [0.717, 1.165) is 39.1 Å². The summed E-state index contributed by atoms with van der Waals surface area (Å²) in [6, 6.07) is 12.7. The number of benzene rings is 4. The van der Waals surface area contributed by atoms with Gasteiger partial charge in [-0.1, -0.05) is 84.7 Å². The first-order valence-corrected chi connectivity index (χ1v) is 21.7. The first-order valence-electron chi connectivity index (χ1n) is 20.9. The summed E-state index contributed by atoms with van der Waals surface area (Å²) in [6.07, 6.45) is 0.0435. The minimum atomic E-state index is -0.506. The van der Waals surface area contributed by atoms with E-state index in [2.05, 4.69) is 26.8 Å². The van der Waals surface area contributed by atoms with Crippen LogP contribution in [-0.2, 0) is 0 Å². The van der Waals surface area contributed by atoms with Crippen LogP contribution in [0.3, 0.4) is 0 Å². The monoisotopic (exact) mass is 880 g/mol. The van der Waals surface area contributed by atoms with E-state index in [4.69, 9.17) is 42.1 Å². The Kier molecular flexibility index (Phi) is 23.0. The van der Waals surface area contributed by atoms with Gasteiger partial charge >= 0.3 is 0 Å². The molecule has 10 heteroatoms. The minimum Gasteiger partial charge on any atom is -0.491 e. The highest BCUT2D eigenvalue weighted by molar-refractivity contribution is 6.31. The van der Waals surface area contributed by atoms with Crippen molar-refractivity contribution in [1.82, 2.24) is 0 Å². The number of hydrogen-bond donors (Lipinski definition) is 0. The molecule has 0 heterocycles. The highest BCUT2D eigenvalue weighted by Gasteiger charge is 2.16. The van der Waals surface area contributed by atoms with E-state index >= 15 is 0 Å². The lowest BCUT2D eigenvalue weighted by molar-refractivity contribution is 0.229. The Hall–Kier alpha value is -3.62. The molecule has 0 atom stereocenters. The zero-order valence-electron chi connectivity index (χ0n) is 39.1. The van der Waals surface area contributed by atoms with E-state index in [0.29, 0.717) is 22.3 Å². The summed E-state index contributed by atoms with van der Waals surface area (Å²) < 4.78 is 75.8. The molecule has 0 aliphatic carbocycles. The molecule has 4 nitrogen and oxygen atoms in total. The summed E-state index contributed by atoms with van der Waals surface area (Å²) in [5, 5.41) is 1.35. The molecule has 0 bridgehead atoms. The predicted octanol–water partition coefficient (Wildman–Crippen LogP) is 16.9. The molecule has 0 unspecified atom stereocenters. The topological polar surface area (TPSA) is 36.9 Å². The third-order valence-corrected chi connectivity index (χ3v) is 9.28. The molecule has 0 saturated carbocycles. The lowest BCUT2D eigenvalue weighted by atomic mass is 10.00. The predicted molar refractivity (Wildman–Crippen MR) is 245 cm³/mol. The van der Waals surface area contributed by atoms with Crippen molar-refractivity contribution in [3.05, 3.63) is 115 Å². The minimum absolute atomic E-state index is 0.0214. The van der Waals surface area contributed by atoms with Crippen molar-refractivity contribution in [3.63, 3.8) is 0 Å². The average Bonchev–Trinajstić information content (AvgIpc) is 3.10. The summed E-state index contributed by atoms with van der Waals surface area (Å²) >= 11 is 12.2. The van der Waals surface area contributed by atoms with Crippen molar-refractivity contribution in [1.29, 1.82) is 0 Å². The molecule has 0 saturated heterocycles. The first-order chi connectivity index (χ1) is 27.7. The fourth-order valence-corrected chi connectivity index (χ4v) is 6.42. The zero-order valence-corrected chi connectivity index (χ0v) is 40.7. The van der Waals surface area contributed by atoms with Gasteiger partial charge in [0.25, 0.3) is 0 Å². The summed E-state index contributed by atoms with van der Waals surface area (Å²) in [7, 11) is 0. The average molecular weight is 882 g/mol. The van der Waals surface area contributed by atoms with Crippen LogP contribution < -0.4 is 18.9 Å². The van der Waals surface area contributed by atoms with Crippen LogP contribution in [0.1, 0.15) is 168 Å². The van der Waals surface area contributed by atoms with Crippen LogP contribution in [0.25, 0.3) is 0 Å². The maximum atomic E-state index is 13.7. The van der Waals surface area contributed by atoms with Crippen LogP contribution in [0.15, 0.2) is 48.5 Å². The van der Waals surface area contributed by atoms with E-state index < -0.39 is 11.6 Å². The number of ether oxygens (including phenoxy) is 4. The quantitative estimate of drug-likeness (QED) is 0.133. The van der Waals surface area contributed by atoms with Crippen molar-refractivity contribution < 1.29 is 36.5 Å². The molecule has 4 rings (SSSR count). The molecule has 0 N–H and O–H groups in total. The number of halogens is 6. The second-order valence-electron chi connectivity index (χ2n) is 17.2. The van der Waals surface area contributed by atoms with Gasteiger partial charge in [-0.25, -0.2) is 17.6 Å². The van der Waals surface area contributed by atoms with Gasteiger partial charge in [0.1, 0.15) is 23.1 Å². The Morgan fingerprint density at radius 1 is 0.333 bits per heavy atom. The molecule has 0 radical (unpaired) electrons. The number of aryl methyl sites for hydroxylation is 2. The highest BCUT2D eigenvalue weighted by atomic mass is 35.5. The maximum Gasteiger partial charge on any atom is 0.165 e. The standard InChI is InChI=1S/C13H19ClO.C13H19FO.C12H16ClFO.C12H16F2O/c2*1-8(2)11-6-10(5)13(7-12(11)14)15-9(3)4;2*1-7(2)9-5-11(14)12(6-10(9)13)15-8(3)4/h2*6-9H,1-5H3;2*5-8H,1-4H3. The Labute approximate surface area is 369 Å². The molecule has 0 amide bonds. The van der Waals surface area contributed by atoms with Gasteiger partial charge in [0, 0.05) is 28.2 Å². The maximum absolute atomic E-state index is 13.7. The lowest BCUT2D eigenvalue weighted by Crippen LogP contribution is -2.08. The third-order valence-electron chi connectivity index (χ3n) is 8.63. The van der Waals surface area contributed by atoms with Gasteiger partial charge < -0.3 is 18.9 Å². The van der Waals surface area contributed by atoms with Crippen molar-refractivity contribution in [2.24, 2.45) is 0 Å². The first kappa shape index (κ1) is 54.4. The molecule has 0 fully saturated rings. The second kappa shape index (κ2) is 25.3. The van der Waals surface area contributed by atoms with Crippen molar-refractivity contribution in [2.75, 3.05) is 0 Å². The number of rotatable bonds is 12. The summed E-state index contributed by atoms with van der Waals surface area (Å²) in [5.74, 6) is 1.12. The molecule has 0 aliphatic rings. The molecule has 60 heavy (non-hydrogen) atoms.